The summed E-state index contributed by atoms with van der Waals surface area (Å²) in [5, 5.41) is 9.93. The maximum Gasteiger partial charge on any atom is 0.0718 e. The van der Waals surface area contributed by atoms with E-state index >= 15 is 0 Å². The summed E-state index contributed by atoms with van der Waals surface area (Å²) in [6, 6.07) is 0. The van der Waals surface area contributed by atoms with Crippen LogP contribution in [0.5, 0.6) is 0 Å². The Morgan fingerprint density at radius 2 is 1.53 bits per heavy atom. The zero-order valence-electron chi connectivity index (χ0n) is 12.9. The fourth-order valence-corrected chi connectivity index (χ4v) is 3.65. The van der Waals surface area contributed by atoms with Crippen LogP contribution in [0.2, 0.25) is 0 Å². The number of hydrogen-bond acceptors (Lipinski definition) is 3. The zero-order chi connectivity index (χ0) is 13.7. The van der Waals surface area contributed by atoms with Crippen LogP contribution >= 0.6 is 0 Å². The monoisotopic (exact) mass is 268 g/mol. The molecule has 0 spiro atoms. The predicted octanol–water partition coefficient (Wildman–Crippen LogP) is 2.35. The van der Waals surface area contributed by atoms with E-state index in [9.17, 15) is 5.11 Å². The van der Waals surface area contributed by atoms with Crippen molar-refractivity contribution in [1.82, 2.24) is 9.80 Å². The minimum Gasteiger partial charge on any atom is -0.389 e. The van der Waals surface area contributed by atoms with Crippen LogP contribution in [-0.4, -0.2) is 59.8 Å². The summed E-state index contributed by atoms with van der Waals surface area (Å²) in [6.07, 6.45) is 8.50. The SMILES string of the molecule is CC(C)(O)CN1CCCN(CC2CCCCC2)CC1. The van der Waals surface area contributed by atoms with E-state index in [2.05, 4.69) is 9.80 Å². The lowest BCUT2D eigenvalue weighted by Gasteiger charge is -2.30. The minimum atomic E-state index is -0.557. The summed E-state index contributed by atoms with van der Waals surface area (Å²) < 4.78 is 0. The van der Waals surface area contributed by atoms with Crippen molar-refractivity contribution in [1.29, 1.82) is 0 Å². The lowest BCUT2D eigenvalue weighted by molar-refractivity contribution is 0.0373. The quantitative estimate of drug-likeness (QED) is 0.848. The Hall–Kier alpha value is -0.120. The van der Waals surface area contributed by atoms with Crippen molar-refractivity contribution >= 4 is 0 Å². The first-order valence-electron chi connectivity index (χ1n) is 8.20. The molecule has 2 aliphatic rings. The van der Waals surface area contributed by atoms with Crippen molar-refractivity contribution in [2.75, 3.05) is 39.3 Å². The predicted molar refractivity (Wildman–Crippen MR) is 80.4 cm³/mol. The Balaban J connectivity index is 1.73. The molecule has 1 saturated heterocycles. The van der Waals surface area contributed by atoms with Crippen molar-refractivity contribution in [3.63, 3.8) is 0 Å². The Bertz CT molecular complexity index is 256. The molecule has 0 amide bonds. The van der Waals surface area contributed by atoms with E-state index in [1.54, 1.807) is 0 Å². The molecule has 3 heteroatoms. The molecule has 112 valence electrons. The molecule has 0 aromatic rings. The maximum absolute atomic E-state index is 9.93. The lowest BCUT2D eigenvalue weighted by atomic mass is 9.89. The Labute approximate surface area is 119 Å². The van der Waals surface area contributed by atoms with Gasteiger partial charge in [-0.05, 0) is 52.1 Å². The molecule has 0 atom stereocenters. The minimum absolute atomic E-state index is 0.557. The fourth-order valence-electron chi connectivity index (χ4n) is 3.65. The number of nitrogens with zero attached hydrogens (tertiary/aromatic N) is 2. The van der Waals surface area contributed by atoms with Gasteiger partial charge in [0.15, 0.2) is 0 Å². The summed E-state index contributed by atoms with van der Waals surface area (Å²) >= 11 is 0. The Morgan fingerprint density at radius 3 is 2.21 bits per heavy atom. The van der Waals surface area contributed by atoms with Crippen LogP contribution in [0.1, 0.15) is 52.4 Å². The highest BCUT2D eigenvalue weighted by Gasteiger charge is 2.23. The van der Waals surface area contributed by atoms with E-state index in [1.165, 1.54) is 58.2 Å². The molecule has 2 fully saturated rings. The van der Waals surface area contributed by atoms with Crippen molar-refractivity contribution in [3.05, 3.63) is 0 Å². The third kappa shape index (κ3) is 5.80. The summed E-state index contributed by atoms with van der Waals surface area (Å²) in [5.74, 6) is 0.953. The largest absolute Gasteiger partial charge is 0.389 e. The molecule has 0 aromatic carbocycles. The molecule has 0 radical (unpaired) electrons. The van der Waals surface area contributed by atoms with Gasteiger partial charge >= 0.3 is 0 Å². The highest BCUT2D eigenvalue weighted by molar-refractivity contribution is 4.78. The van der Waals surface area contributed by atoms with E-state index in [4.69, 9.17) is 0 Å². The average molecular weight is 268 g/mol. The first-order chi connectivity index (χ1) is 9.03. The molecule has 0 aromatic heterocycles. The van der Waals surface area contributed by atoms with Gasteiger partial charge in [0, 0.05) is 26.2 Å². The molecule has 2 rings (SSSR count). The third-order valence-electron chi connectivity index (χ3n) is 4.53. The molecule has 1 heterocycles. The highest BCUT2D eigenvalue weighted by atomic mass is 16.3. The van der Waals surface area contributed by atoms with Crippen molar-refractivity contribution in [2.24, 2.45) is 5.92 Å². The summed E-state index contributed by atoms with van der Waals surface area (Å²) in [7, 11) is 0. The second-order valence-corrected chi connectivity index (χ2v) is 7.25. The molecule has 1 saturated carbocycles. The molecule has 0 bridgehead atoms. The van der Waals surface area contributed by atoms with E-state index in [0.717, 1.165) is 25.6 Å². The topological polar surface area (TPSA) is 26.7 Å². The fraction of sp³-hybridized carbons (Fsp3) is 1.00. The molecule has 1 aliphatic heterocycles. The van der Waals surface area contributed by atoms with Crippen LogP contribution in [0.15, 0.2) is 0 Å². The molecular formula is C16H32N2O. The van der Waals surface area contributed by atoms with E-state index < -0.39 is 5.60 Å². The van der Waals surface area contributed by atoms with Crippen molar-refractivity contribution in [3.8, 4) is 0 Å². The van der Waals surface area contributed by atoms with Crippen molar-refractivity contribution < 1.29 is 5.11 Å². The van der Waals surface area contributed by atoms with Crippen LogP contribution in [0.4, 0.5) is 0 Å². The van der Waals surface area contributed by atoms with E-state index in [-0.39, 0.29) is 0 Å². The maximum atomic E-state index is 9.93. The van der Waals surface area contributed by atoms with Crippen LogP contribution < -0.4 is 0 Å². The summed E-state index contributed by atoms with van der Waals surface area (Å²) in [4.78, 5) is 5.10. The van der Waals surface area contributed by atoms with Gasteiger partial charge in [0.2, 0.25) is 0 Å². The van der Waals surface area contributed by atoms with Gasteiger partial charge in [-0.1, -0.05) is 19.3 Å². The lowest BCUT2D eigenvalue weighted by Crippen LogP contribution is -2.41. The van der Waals surface area contributed by atoms with E-state index in [0.29, 0.717) is 0 Å². The van der Waals surface area contributed by atoms with E-state index in [1.807, 2.05) is 13.8 Å². The number of hydrogen-bond donors (Lipinski definition) is 1. The first kappa shape index (κ1) is 15.3. The standard InChI is InChI=1S/C16H32N2O/c1-16(2,19)14-18-10-6-9-17(11-12-18)13-15-7-4-3-5-8-15/h15,19H,3-14H2,1-2H3. The molecule has 19 heavy (non-hydrogen) atoms. The highest BCUT2D eigenvalue weighted by Crippen LogP contribution is 2.24. The van der Waals surface area contributed by atoms with Crippen LogP contribution in [0.25, 0.3) is 0 Å². The smallest absolute Gasteiger partial charge is 0.0718 e. The van der Waals surface area contributed by atoms with Crippen LogP contribution in [0, 0.1) is 5.92 Å². The van der Waals surface area contributed by atoms with Gasteiger partial charge in [0.25, 0.3) is 0 Å². The van der Waals surface area contributed by atoms with Gasteiger partial charge < -0.3 is 10.0 Å². The summed E-state index contributed by atoms with van der Waals surface area (Å²) in [5.41, 5.74) is -0.557. The molecule has 3 nitrogen and oxygen atoms in total. The van der Waals surface area contributed by atoms with Gasteiger partial charge in [-0.15, -0.1) is 0 Å². The van der Waals surface area contributed by atoms with Gasteiger partial charge in [-0.3, -0.25) is 4.90 Å². The summed E-state index contributed by atoms with van der Waals surface area (Å²) in [6.45, 7) is 10.7. The van der Waals surface area contributed by atoms with Crippen molar-refractivity contribution in [2.45, 2.75) is 58.0 Å². The van der Waals surface area contributed by atoms with Gasteiger partial charge in [0.1, 0.15) is 0 Å². The first-order valence-corrected chi connectivity index (χ1v) is 8.20. The average Bonchev–Trinajstić information content (AvgIpc) is 2.54. The third-order valence-corrected chi connectivity index (χ3v) is 4.53. The zero-order valence-corrected chi connectivity index (χ0v) is 12.9. The van der Waals surface area contributed by atoms with Crippen LogP contribution in [-0.2, 0) is 0 Å². The van der Waals surface area contributed by atoms with Gasteiger partial charge in [0.05, 0.1) is 5.60 Å². The normalized spacial score (nSPS) is 25.4. The van der Waals surface area contributed by atoms with Gasteiger partial charge in [-0.2, -0.15) is 0 Å². The Kier molecular flexibility index (Phi) is 5.67. The molecule has 0 unspecified atom stereocenters. The molecule has 1 N–H and O–H groups in total. The second-order valence-electron chi connectivity index (χ2n) is 7.25. The molecule has 1 aliphatic carbocycles. The van der Waals surface area contributed by atoms with Crippen LogP contribution in [0.3, 0.4) is 0 Å². The second kappa shape index (κ2) is 7.05. The number of aliphatic hydroxyl groups is 1. The van der Waals surface area contributed by atoms with Gasteiger partial charge in [-0.25, -0.2) is 0 Å². The number of β-amino-alcohol motifs (C(OH)–C–C–N with tert-alkyl or cyclic N) is 1. The number of rotatable bonds is 4. The molecular weight excluding hydrogens is 236 g/mol. The Morgan fingerprint density at radius 1 is 0.895 bits per heavy atom.